The molecule has 0 unspecified atom stereocenters. The van der Waals surface area contributed by atoms with Gasteiger partial charge in [0.2, 0.25) is 0 Å². The lowest BCUT2D eigenvalue weighted by molar-refractivity contribution is 1.07. The van der Waals surface area contributed by atoms with Gasteiger partial charge in [0.05, 0.1) is 5.69 Å². The van der Waals surface area contributed by atoms with E-state index in [4.69, 9.17) is 0 Å². The van der Waals surface area contributed by atoms with Crippen molar-refractivity contribution in [1.29, 1.82) is 0 Å². The Morgan fingerprint density at radius 2 is 2.00 bits per heavy atom. The van der Waals surface area contributed by atoms with Crippen LogP contribution in [0.5, 0.6) is 0 Å². The van der Waals surface area contributed by atoms with Crippen molar-refractivity contribution < 1.29 is 0 Å². The van der Waals surface area contributed by atoms with Crippen LogP contribution < -0.4 is 0 Å². The maximum atomic E-state index is 4.34. The van der Waals surface area contributed by atoms with Gasteiger partial charge in [0.25, 0.3) is 0 Å². The second-order valence-corrected chi connectivity index (χ2v) is 2.73. The van der Waals surface area contributed by atoms with Crippen molar-refractivity contribution >= 4 is 0 Å². The fourth-order valence-electron chi connectivity index (χ4n) is 1.21. The van der Waals surface area contributed by atoms with Crippen LogP contribution in [-0.4, -0.2) is 9.97 Å². The first-order valence-corrected chi connectivity index (χ1v) is 4.04. The molecule has 12 heavy (non-hydrogen) atoms. The van der Waals surface area contributed by atoms with Gasteiger partial charge in [0, 0.05) is 18.5 Å². The molecule has 0 amide bonds. The molecule has 0 fully saturated rings. The second kappa shape index (κ2) is 3.90. The van der Waals surface area contributed by atoms with Crippen molar-refractivity contribution in [2.75, 3.05) is 0 Å². The molecule has 0 saturated carbocycles. The lowest BCUT2D eigenvalue weighted by Gasteiger charge is -1.93. The molecule has 0 spiro atoms. The number of rotatable bonds is 4. The summed E-state index contributed by atoms with van der Waals surface area (Å²) in [5, 5.41) is 0. The van der Waals surface area contributed by atoms with E-state index in [0.717, 1.165) is 30.1 Å². The third-order valence-corrected chi connectivity index (χ3v) is 1.67. The van der Waals surface area contributed by atoms with Gasteiger partial charge in [-0.05, 0) is 6.92 Å². The number of hydrogen-bond donors (Lipinski definition) is 1. The van der Waals surface area contributed by atoms with Gasteiger partial charge in [-0.1, -0.05) is 12.2 Å². The van der Waals surface area contributed by atoms with Crippen LogP contribution in [0.2, 0.25) is 0 Å². The molecule has 0 aromatic carbocycles. The number of allylic oxidation sites excluding steroid dienone is 2. The predicted molar refractivity (Wildman–Crippen MR) is 51.1 cm³/mol. The molecule has 1 heterocycles. The van der Waals surface area contributed by atoms with Crippen molar-refractivity contribution in [3.63, 3.8) is 0 Å². The smallest absolute Gasteiger partial charge is 0.103 e. The van der Waals surface area contributed by atoms with E-state index in [1.54, 1.807) is 0 Å². The van der Waals surface area contributed by atoms with E-state index in [2.05, 4.69) is 23.1 Å². The van der Waals surface area contributed by atoms with Crippen LogP contribution in [-0.2, 0) is 12.8 Å². The summed E-state index contributed by atoms with van der Waals surface area (Å²) in [6, 6.07) is 0. The van der Waals surface area contributed by atoms with Gasteiger partial charge in [-0.25, -0.2) is 4.98 Å². The fourth-order valence-corrected chi connectivity index (χ4v) is 1.21. The SMILES string of the molecule is C=CCc1nc(C)[nH]c1CC=C. The molecule has 0 aliphatic carbocycles. The third kappa shape index (κ3) is 1.84. The third-order valence-electron chi connectivity index (χ3n) is 1.67. The molecule has 2 nitrogen and oxygen atoms in total. The van der Waals surface area contributed by atoms with Crippen LogP contribution in [0.4, 0.5) is 0 Å². The van der Waals surface area contributed by atoms with Gasteiger partial charge in [-0.15, -0.1) is 13.2 Å². The standard InChI is InChI=1S/C10H14N2/c1-4-6-9-10(7-5-2)12-8(3)11-9/h4-5H,1-2,6-7H2,3H3,(H,11,12). The molecule has 0 atom stereocenters. The van der Waals surface area contributed by atoms with Crippen LogP contribution in [0.25, 0.3) is 0 Å². The molecule has 0 saturated heterocycles. The van der Waals surface area contributed by atoms with Crippen molar-refractivity contribution in [2.24, 2.45) is 0 Å². The van der Waals surface area contributed by atoms with Crippen molar-refractivity contribution in [3.05, 3.63) is 42.5 Å². The maximum absolute atomic E-state index is 4.34. The summed E-state index contributed by atoms with van der Waals surface area (Å²) in [5.74, 6) is 0.962. The lowest BCUT2D eigenvalue weighted by atomic mass is 10.2. The van der Waals surface area contributed by atoms with E-state index in [1.807, 2.05) is 19.1 Å². The van der Waals surface area contributed by atoms with Crippen LogP contribution >= 0.6 is 0 Å². The zero-order valence-electron chi connectivity index (χ0n) is 7.43. The highest BCUT2D eigenvalue weighted by Crippen LogP contribution is 2.08. The molecular formula is C10H14N2. The molecule has 2 heteroatoms. The summed E-state index contributed by atoms with van der Waals surface area (Å²) in [7, 11) is 0. The van der Waals surface area contributed by atoms with Gasteiger partial charge in [-0.2, -0.15) is 0 Å². The number of nitrogens with one attached hydrogen (secondary N) is 1. The average Bonchev–Trinajstić information content (AvgIpc) is 2.33. The monoisotopic (exact) mass is 162 g/mol. The van der Waals surface area contributed by atoms with E-state index < -0.39 is 0 Å². The Labute approximate surface area is 73.0 Å². The molecule has 1 aromatic heterocycles. The first-order chi connectivity index (χ1) is 5.77. The quantitative estimate of drug-likeness (QED) is 0.675. The molecule has 1 aromatic rings. The van der Waals surface area contributed by atoms with Crippen molar-refractivity contribution in [2.45, 2.75) is 19.8 Å². The molecular weight excluding hydrogens is 148 g/mol. The molecule has 64 valence electrons. The lowest BCUT2D eigenvalue weighted by Crippen LogP contribution is -1.89. The Hall–Kier alpha value is -1.31. The Bertz CT molecular complexity index is 257. The van der Waals surface area contributed by atoms with Gasteiger partial charge >= 0.3 is 0 Å². The minimum absolute atomic E-state index is 0.827. The highest BCUT2D eigenvalue weighted by molar-refractivity contribution is 5.18. The Morgan fingerprint density at radius 3 is 2.58 bits per heavy atom. The predicted octanol–water partition coefficient (Wildman–Crippen LogP) is 2.18. The topological polar surface area (TPSA) is 28.7 Å². The molecule has 0 aliphatic rings. The summed E-state index contributed by atoms with van der Waals surface area (Å²) in [6.45, 7) is 9.34. The summed E-state index contributed by atoms with van der Waals surface area (Å²) in [6.07, 6.45) is 5.42. The zero-order chi connectivity index (χ0) is 8.97. The number of nitrogens with zero attached hydrogens (tertiary/aromatic N) is 1. The molecule has 0 bridgehead atoms. The summed E-state index contributed by atoms with van der Waals surface area (Å²) in [5.41, 5.74) is 2.24. The highest BCUT2D eigenvalue weighted by atomic mass is 14.9. The van der Waals surface area contributed by atoms with Gasteiger partial charge in [0.1, 0.15) is 5.82 Å². The van der Waals surface area contributed by atoms with Crippen LogP contribution in [0.15, 0.2) is 25.3 Å². The number of aryl methyl sites for hydroxylation is 1. The molecule has 1 rings (SSSR count). The average molecular weight is 162 g/mol. The first kappa shape index (κ1) is 8.78. The minimum atomic E-state index is 0.827. The number of imidazole rings is 1. The first-order valence-electron chi connectivity index (χ1n) is 4.04. The Kier molecular flexibility index (Phi) is 2.86. The van der Waals surface area contributed by atoms with Crippen LogP contribution in [0.3, 0.4) is 0 Å². The Morgan fingerprint density at radius 1 is 1.33 bits per heavy atom. The van der Waals surface area contributed by atoms with E-state index >= 15 is 0 Å². The summed E-state index contributed by atoms with van der Waals surface area (Å²) in [4.78, 5) is 7.54. The normalized spacial score (nSPS) is 9.75. The van der Waals surface area contributed by atoms with E-state index in [1.165, 1.54) is 0 Å². The molecule has 1 N–H and O–H groups in total. The summed E-state index contributed by atoms with van der Waals surface area (Å²) < 4.78 is 0. The van der Waals surface area contributed by atoms with E-state index in [-0.39, 0.29) is 0 Å². The number of H-pyrrole nitrogens is 1. The van der Waals surface area contributed by atoms with Crippen LogP contribution in [0.1, 0.15) is 17.2 Å². The van der Waals surface area contributed by atoms with Gasteiger partial charge in [-0.3, -0.25) is 0 Å². The van der Waals surface area contributed by atoms with E-state index in [9.17, 15) is 0 Å². The van der Waals surface area contributed by atoms with Crippen molar-refractivity contribution in [3.8, 4) is 0 Å². The zero-order valence-corrected chi connectivity index (χ0v) is 7.43. The van der Waals surface area contributed by atoms with E-state index in [0.29, 0.717) is 0 Å². The largest absolute Gasteiger partial charge is 0.346 e. The molecule has 0 aliphatic heterocycles. The minimum Gasteiger partial charge on any atom is -0.346 e. The van der Waals surface area contributed by atoms with Gasteiger partial charge in [0.15, 0.2) is 0 Å². The van der Waals surface area contributed by atoms with Crippen LogP contribution in [0, 0.1) is 6.92 Å². The Balaban J connectivity index is 2.90. The molecule has 0 radical (unpaired) electrons. The number of aromatic nitrogens is 2. The fraction of sp³-hybridized carbons (Fsp3) is 0.300. The summed E-state index contributed by atoms with van der Waals surface area (Å²) >= 11 is 0. The maximum Gasteiger partial charge on any atom is 0.103 e. The highest BCUT2D eigenvalue weighted by Gasteiger charge is 2.03. The number of aromatic amines is 1. The second-order valence-electron chi connectivity index (χ2n) is 2.73. The number of hydrogen-bond acceptors (Lipinski definition) is 1. The van der Waals surface area contributed by atoms with Crippen molar-refractivity contribution in [1.82, 2.24) is 9.97 Å². The van der Waals surface area contributed by atoms with Gasteiger partial charge < -0.3 is 4.98 Å².